The van der Waals surface area contributed by atoms with E-state index < -0.39 is 23.4 Å². The Morgan fingerprint density at radius 3 is 2.30 bits per heavy atom. The quantitative estimate of drug-likeness (QED) is 0.167. The fraction of sp³-hybridized carbons (Fsp3) is 0.158. The molecule has 0 bridgehead atoms. The molecule has 3 atom stereocenters. The zero-order chi connectivity index (χ0) is 30.0. The molecule has 214 valence electrons. The monoisotopic (exact) mass is 576 g/mol. The third-order valence-corrected chi connectivity index (χ3v) is 9.42. The summed E-state index contributed by atoms with van der Waals surface area (Å²) < 4.78 is 6.14. The molecule has 2 aliphatic heterocycles. The Hall–Kier alpha value is -5.36. The average molecular weight is 577 g/mol. The predicted molar refractivity (Wildman–Crippen MR) is 169 cm³/mol. The van der Waals surface area contributed by atoms with E-state index in [2.05, 4.69) is 0 Å². The maximum atomic E-state index is 15.0. The molecule has 1 aromatic heterocycles. The Balaban J connectivity index is 1.50. The maximum absolute atomic E-state index is 15.0. The van der Waals surface area contributed by atoms with Gasteiger partial charge in [-0.3, -0.25) is 19.4 Å². The number of benzene rings is 4. The molecule has 1 saturated heterocycles. The zero-order valence-corrected chi connectivity index (χ0v) is 24.0. The van der Waals surface area contributed by atoms with Gasteiger partial charge in [0.15, 0.2) is 17.3 Å². The molecule has 6 heteroatoms. The lowest BCUT2D eigenvalue weighted by molar-refractivity contribution is 0.0664. The highest BCUT2D eigenvalue weighted by Gasteiger charge is 2.72. The number of ketones is 3. The van der Waals surface area contributed by atoms with E-state index in [1.165, 1.54) is 0 Å². The largest absolute Gasteiger partial charge is 0.494 e. The standard InChI is InChI=1S/C38H28N2O4/c1-2-44-29-17-9-8-16-28(29)31-34(35(41)25-11-4-3-5-12-25)40-30(38(31)36(42)26-14-6-7-15-27(26)37(38)43)21-20-24-19-18-23-13-10-22-39-32(23)33(24)40/h3-22,30-31,34H,2H2,1H3/t30-,31+,34+/m0/s1. The van der Waals surface area contributed by atoms with Crippen molar-refractivity contribution in [1.82, 2.24) is 4.98 Å². The Kier molecular flexibility index (Phi) is 5.88. The zero-order valence-electron chi connectivity index (χ0n) is 24.0. The van der Waals surface area contributed by atoms with Crippen LogP contribution in [0.3, 0.4) is 0 Å². The number of fused-ring (bicyclic) bond motifs is 7. The molecule has 4 aromatic carbocycles. The van der Waals surface area contributed by atoms with Crippen LogP contribution in [0.2, 0.25) is 0 Å². The van der Waals surface area contributed by atoms with Crippen molar-refractivity contribution in [1.29, 1.82) is 0 Å². The van der Waals surface area contributed by atoms with E-state index in [1.54, 1.807) is 42.6 Å². The van der Waals surface area contributed by atoms with Gasteiger partial charge in [0.05, 0.1) is 23.9 Å². The topological polar surface area (TPSA) is 76.6 Å². The molecule has 6 nitrogen and oxygen atoms in total. The number of pyridine rings is 1. The summed E-state index contributed by atoms with van der Waals surface area (Å²) in [4.78, 5) is 51.7. The lowest BCUT2D eigenvalue weighted by Gasteiger charge is -2.37. The molecule has 1 spiro atoms. The van der Waals surface area contributed by atoms with Gasteiger partial charge in [-0.15, -0.1) is 0 Å². The van der Waals surface area contributed by atoms with Gasteiger partial charge in [-0.05, 0) is 24.6 Å². The van der Waals surface area contributed by atoms with Crippen molar-refractivity contribution in [2.45, 2.75) is 24.9 Å². The van der Waals surface area contributed by atoms with E-state index in [9.17, 15) is 14.4 Å². The minimum absolute atomic E-state index is 0.172. The van der Waals surface area contributed by atoms with Crippen molar-refractivity contribution in [3.8, 4) is 5.75 Å². The summed E-state index contributed by atoms with van der Waals surface area (Å²) >= 11 is 0. The molecular formula is C38H28N2O4. The van der Waals surface area contributed by atoms with Crippen LogP contribution < -0.4 is 9.64 Å². The van der Waals surface area contributed by atoms with E-state index in [1.807, 2.05) is 90.7 Å². The first-order valence-corrected chi connectivity index (χ1v) is 14.9. The van der Waals surface area contributed by atoms with Crippen molar-refractivity contribution in [2.75, 3.05) is 11.5 Å². The first-order valence-electron chi connectivity index (χ1n) is 14.9. The molecule has 0 amide bonds. The van der Waals surface area contributed by atoms with Crippen molar-refractivity contribution in [3.05, 3.63) is 143 Å². The summed E-state index contributed by atoms with van der Waals surface area (Å²) in [6, 6.07) is 29.9. The molecule has 5 aromatic rings. The Morgan fingerprint density at radius 1 is 0.841 bits per heavy atom. The van der Waals surface area contributed by atoms with Gasteiger partial charge in [0.25, 0.3) is 0 Å². The Morgan fingerprint density at radius 2 is 1.55 bits per heavy atom. The van der Waals surface area contributed by atoms with E-state index in [4.69, 9.17) is 9.72 Å². The lowest BCUT2D eigenvalue weighted by atomic mass is 9.64. The molecule has 0 radical (unpaired) electrons. The van der Waals surface area contributed by atoms with Gasteiger partial charge in [0.2, 0.25) is 0 Å². The number of aromatic nitrogens is 1. The van der Waals surface area contributed by atoms with Crippen LogP contribution in [-0.4, -0.2) is 41.0 Å². The molecule has 8 rings (SSSR count). The molecular weight excluding hydrogens is 548 g/mol. The Bertz CT molecular complexity index is 2000. The number of Topliss-reactive ketones (excluding diaryl/α,β-unsaturated/α-hetero) is 3. The number of hydrogen-bond acceptors (Lipinski definition) is 6. The maximum Gasteiger partial charge on any atom is 0.185 e. The van der Waals surface area contributed by atoms with Gasteiger partial charge in [-0.1, -0.05) is 103 Å². The molecule has 1 aliphatic carbocycles. The highest BCUT2D eigenvalue weighted by molar-refractivity contribution is 6.32. The molecule has 44 heavy (non-hydrogen) atoms. The predicted octanol–water partition coefficient (Wildman–Crippen LogP) is 6.95. The smallest absolute Gasteiger partial charge is 0.185 e. The van der Waals surface area contributed by atoms with Crippen LogP contribution in [-0.2, 0) is 0 Å². The summed E-state index contributed by atoms with van der Waals surface area (Å²) in [6.45, 7) is 2.29. The number of carbonyl (C=O) groups is 3. The SMILES string of the molecule is CCOc1ccccc1[C@@H]1[C@H](C(=O)c2ccccc2)N2c3c(ccc4cccnc34)C=C[C@H]2C12C(=O)c1ccccc1C2=O. The molecule has 1 fully saturated rings. The van der Waals surface area contributed by atoms with Crippen LogP contribution in [0.25, 0.3) is 17.0 Å². The third kappa shape index (κ3) is 3.42. The Labute approximate surface area is 254 Å². The molecule has 0 unspecified atom stereocenters. The molecule has 0 N–H and O–H groups in total. The first kappa shape index (κ1) is 26.3. The second kappa shape index (κ2) is 9.85. The summed E-state index contributed by atoms with van der Waals surface area (Å²) in [5.41, 5.74) is 2.67. The summed E-state index contributed by atoms with van der Waals surface area (Å²) in [6.07, 6.45) is 5.64. The summed E-state index contributed by atoms with van der Waals surface area (Å²) in [7, 11) is 0. The fourth-order valence-corrected chi connectivity index (χ4v) is 7.72. The van der Waals surface area contributed by atoms with Gasteiger partial charge < -0.3 is 9.64 Å². The number of hydrogen-bond donors (Lipinski definition) is 0. The number of anilines is 1. The van der Waals surface area contributed by atoms with Gasteiger partial charge in [0, 0.05) is 39.8 Å². The van der Waals surface area contributed by atoms with Gasteiger partial charge >= 0.3 is 0 Å². The van der Waals surface area contributed by atoms with Crippen molar-refractivity contribution in [2.24, 2.45) is 5.41 Å². The molecule has 3 aliphatic rings. The van der Waals surface area contributed by atoms with Crippen LogP contribution in [0.15, 0.2) is 115 Å². The van der Waals surface area contributed by atoms with E-state index in [-0.39, 0.29) is 17.3 Å². The number of nitrogens with zero attached hydrogens (tertiary/aromatic N) is 2. The van der Waals surface area contributed by atoms with Gasteiger partial charge in [-0.2, -0.15) is 0 Å². The van der Waals surface area contributed by atoms with Crippen molar-refractivity contribution in [3.63, 3.8) is 0 Å². The van der Waals surface area contributed by atoms with E-state index in [0.29, 0.717) is 34.6 Å². The first-order chi connectivity index (χ1) is 21.6. The fourth-order valence-electron chi connectivity index (χ4n) is 7.72. The normalized spacial score (nSPS) is 20.9. The van der Waals surface area contributed by atoms with Crippen molar-refractivity contribution < 1.29 is 19.1 Å². The van der Waals surface area contributed by atoms with Crippen LogP contribution in [0, 0.1) is 5.41 Å². The third-order valence-electron chi connectivity index (χ3n) is 9.42. The molecule has 3 heterocycles. The summed E-state index contributed by atoms with van der Waals surface area (Å²) in [5.74, 6) is -1.01. The van der Waals surface area contributed by atoms with Gasteiger partial charge in [-0.25, -0.2) is 0 Å². The van der Waals surface area contributed by atoms with Crippen LogP contribution >= 0.6 is 0 Å². The van der Waals surface area contributed by atoms with Gasteiger partial charge in [0.1, 0.15) is 17.2 Å². The number of ether oxygens (including phenoxy) is 1. The molecule has 0 saturated carbocycles. The van der Waals surface area contributed by atoms with Crippen LogP contribution in [0.1, 0.15) is 55.0 Å². The number of rotatable bonds is 5. The average Bonchev–Trinajstić information content (AvgIpc) is 3.50. The highest BCUT2D eigenvalue weighted by Crippen LogP contribution is 2.62. The second-order valence-corrected chi connectivity index (χ2v) is 11.5. The highest BCUT2D eigenvalue weighted by atomic mass is 16.5. The lowest BCUT2D eigenvalue weighted by Crippen LogP contribution is -2.48. The minimum Gasteiger partial charge on any atom is -0.494 e. The van der Waals surface area contributed by atoms with Crippen LogP contribution in [0.4, 0.5) is 5.69 Å². The van der Waals surface area contributed by atoms with Crippen molar-refractivity contribution >= 4 is 40.0 Å². The van der Waals surface area contributed by atoms with Crippen LogP contribution in [0.5, 0.6) is 5.75 Å². The van der Waals surface area contributed by atoms with E-state index in [0.717, 1.165) is 22.2 Å². The number of carbonyl (C=O) groups excluding carboxylic acids is 3. The van der Waals surface area contributed by atoms with E-state index >= 15 is 0 Å². The number of para-hydroxylation sites is 1. The minimum atomic E-state index is -1.61. The summed E-state index contributed by atoms with van der Waals surface area (Å²) in [5, 5.41) is 0.908. The second-order valence-electron chi connectivity index (χ2n) is 11.5.